The van der Waals surface area contributed by atoms with Gasteiger partial charge in [0.1, 0.15) is 0 Å². The maximum absolute atomic E-state index is 11.8. The van der Waals surface area contributed by atoms with E-state index in [1.165, 1.54) is 20.0 Å². The number of rotatable bonds is 8. The highest BCUT2D eigenvalue weighted by molar-refractivity contribution is 5.82. The van der Waals surface area contributed by atoms with E-state index in [0.717, 1.165) is 44.8 Å². The molecule has 2 atom stereocenters. The van der Waals surface area contributed by atoms with Crippen molar-refractivity contribution in [1.29, 1.82) is 0 Å². The lowest BCUT2D eigenvalue weighted by atomic mass is 9.99. The zero-order valence-corrected chi connectivity index (χ0v) is 15.5. The predicted octanol–water partition coefficient (Wildman–Crippen LogP) is 0.414. The van der Waals surface area contributed by atoms with Gasteiger partial charge in [0.05, 0.1) is 19.6 Å². The maximum Gasteiger partial charge on any atom is 0.310 e. The van der Waals surface area contributed by atoms with Gasteiger partial charge in [0, 0.05) is 52.9 Å². The molecule has 0 spiro atoms. The van der Waals surface area contributed by atoms with Gasteiger partial charge in [0.2, 0.25) is 0 Å². The molecule has 0 aromatic rings. The monoisotopic (exact) mass is 340 g/mol. The van der Waals surface area contributed by atoms with Crippen LogP contribution in [0.25, 0.3) is 0 Å². The van der Waals surface area contributed by atoms with E-state index in [1.54, 1.807) is 14.2 Å². The summed E-state index contributed by atoms with van der Waals surface area (Å²) in [5.41, 5.74) is 0. The second-order valence-electron chi connectivity index (χ2n) is 6.75. The number of methoxy groups -OCH3 is 2. The molecule has 1 aliphatic heterocycles. The van der Waals surface area contributed by atoms with Gasteiger partial charge in [-0.2, -0.15) is 0 Å². The summed E-state index contributed by atoms with van der Waals surface area (Å²) in [6.07, 6.45) is 2.59. The Morgan fingerprint density at radius 1 is 1.29 bits per heavy atom. The van der Waals surface area contributed by atoms with E-state index >= 15 is 0 Å². The summed E-state index contributed by atoms with van der Waals surface area (Å²) < 4.78 is 10.1. The number of ether oxygens (including phenoxy) is 2. The highest BCUT2D eigenvalue weighted by atomic mass is 16.5. The normalized spacial score (nSPS) is 24.5. The van der Waals surface area contributed by atoms with Crippen LogP contribution in [0.5, 0.6) is 0 Å². The Kier molecular flexibility index (Phi) is 7.30. The van der Waals surface area contributed by atoms with Crippen LogP contribution in [0.2, 0.25) is 0 Å². The van der Waals surface area contributed by atoms with Crippen molar-refractivity contribution in [3.8, 4) is 0 Å². The Labute approximate surface area is 145 Å². The number of esters is 1. The summed E-state index contributed by atoms with van der Waals surface area (Å²) in [7, 11) is 5.00. The quantitative estimate of drug-likeness (QED) is 0.392. The summed E-state index contributed by atoms with van der Waals surface area (Å²) in [6.45, 7) is 7.17. The third kappa shape index (κ3) is 5.08. The average molecular weight is 340 g/mol. The third-order valence-electron chi connectivity index (χ3n) is 4.96. The summed E-state index contributed by atoms with van der Waals surface area (Å²) >= 11 is 0. The molecule has 24 heavy (non-hydrogen) atoms. The highest BCUT2D eigenvalue weighted by Gasteiger charge is 2.37. The topological polar surface area (TPSA) is 66.4 Å². The second kappa shape index (κ2) is 9.22. The van der Waals surface area contributed by atoms with Crippen molar-refractivity contribution in [2.24, 2.45) is 16.8 Å². The van der Waals surface area contributed by atoms with Crippen LogP contribution in [0, 0.1) is 11.8 Å². The van der Waals surface area contributed by atoms with E-state index in [0.29, 0.717) is 6.54 Å². The number of hydrogen-bond donors (Lipinski definition) is 1. The van der Waals surface area contributed by atoms with Crippen LogP contribution in [0.1, 0.15) is 19.8 Å². The fraction of sp³-hybridized carbons (Fsp3) is 0.882. The largest absolute Gasteiger partial charge is 0.469 e. The molecule has 1 aliphatic carbocycles. The molecule has 138 valence electrons. The number of carbonyl (C=O) groups is 1. The van der Waals surface area contributed by atoms with Gasteiger partial charge < -0.3 is 19.7 Å². The fourth-order valence-corrected chi connectivity index (χ4v) is 3.37. The van der Waals surface area contributed by atoms with Crippen LogP contribution in [-0.4, -0.2) is 88.4 Å². The van der Waals surface area contributed by atoms with Crippen LogP contribution in [0.15, 0.2) is 4.99 Å². The summed E-state index contributed by atoms with van der Waals surface area (Å²) in [6, 6.07) is 0.722. The molecule has 0 bridgehead atoms. The molecule has 2 fully saturated rings. The Morgan fingerprint density at radius 3 is 2.62 bits per heavy atom. The molecule has 2 unspecified atom stereocenters. The first kappa shape index (κ1) is 19.0. The van der Waals surface area contributed by atoms with E-state index in [-0.39, 0.29) is 17.8 Å². The lowest BCUT2D eigenvalue weighted by Crippen LogP contribution is -2.44. The molecule has 7 nitrogen and oxygen atoms in total. The molecule has 2 rings (SSSR count). The van der Waals surface area contributed by atoms with Crippen LogP contribution in [-0.2, 0) is 14.3 Å². The molecule has 0 aromatic heterocycles. The molecule has 0 radical (unpaired) electrons. The van der Waals surface area contributed by atoms with Gasteiger partial charge in [-0.3, -0.25) is 14.7 Å². The first-order chi connectivity index (χ1) is 11.6. The summed E-state index contributed by atoms with van der Waals surface area (Å²) in [4.78, 5) is 20.9. The first-order valence-corrected chi connectivity index (χ1v) is 8.87. The maximum atomic E-state index is 11.8. The average Bonchev–Trinajstić information content (AvgIpc) is 3.36. The molecule has 7 heteroatoms. The van der Waals surface area contributed by atoms with Crippen molar-refractivity contribution in [3.63, 3.8) is 0 Å². The number of nitrogens with one attached hydrogen (secondary N) is 1. The Morgan fingerprint density at radius 2 is 2.04 bits per heavy atom. The Bertz CT molecular complexity index is 440. The van der Waals surface area contributed by atoms with Gasteiger partial charge in [-0.05, 0) is 18.8 Å². The molecular weight excluding hydrogens is 308 g/mol. The zero-order valence-electron chi connectivity index (χ0n) is 15.5. The summed E-state index contributed by atoms with van der Waals surface area (Å²) in [5.74, 6) is 0.953. The van der Waals surface area contributed by atoms with Crippen LogP contribution >= 0.6 is 0 Å². The van der Waals surface area contributed by atoms with Crippen molar-refractivity contribution in [2.45, 2.75) is 25.8 Å². The van der Waals surface area contributed by atoms with Gasteiger partial charge >= 0.3 is 5.97 Å². The molecule has 1 heterocycles. The van der Waals surface area contributed by atoms with Crippen molar-refractivity contribution in [2.75, 3.05) is 60.6 Å². The van der Waals surface area contributed by atoms with E-state index in [4.69, 9.17) is 9.47 Å². The number of carbonyl (C=O) groups excluding carboxylic acids is 1. The van der Waals surface area contributed by atoms with Crippen molar-refractivity contribution < 1.29 is 14.3 Å². The molecule has 0 aromatic carbocycles. The molecule has 0 amide bonds. The Hall–Kier alpha value is -1.34. The SMILES string of the molecule is CN=C(NCCN(CCOC)C1CC1)N1CC(C)C(C(=O)OC)C1. The molecular formula is C17H32N4O3. The minimum absolute atomic E-state index is 0.0711. The van der Waals surface area contributed by atoms with Crippen LogP contribution in [0.4, 0.5) is 0 Å². The third-order valence-corrected chi connectivity index (χ3v) is 4.96. The number of likely N-dealkylation sites (tertiary alicyclic amines) is 1. The lowest BCUT2D eigenvalue weighted by Gasteiger charge is -2.25. The van der Waals surface area contributed by atoms with Crippen LogP contribution < -0.4 is 5.32 Å². The molecule has 1 saturated heterocycles. The van der Waals surface area contributed by atoms with Gasteiger partial charge in [-0.1, -0.05) is 6.92 Å². The van der Waals surface area contributed by atoms with Gasteiger partial charge in [0.15, 0.2) is 5.96 Å². The molecule has 2 aliphatic rings. The number of aliphatic imine (C=N–C) groups is 1. The van der Waals surface area contributed by atoms with Crippen molar-refractivity contribution >= 4 is 11.9 Å². The first-order valence-electron chi connectivity index (χ1n) is 8.87. The van der Waals surface area contributed by atoms with Crippen LogP contribution in [0.3, 0.4) is 0 Å². The molecule has 1 N–H and O–H groups in total. The van der Waals surface area contributed by atoms with E-state index < -0.39 is 0 Å². The standard InChI is InChI=1S/C17H32N4O3/c1-13-11-21(12-15(13)16(22)24-4)17(18-2)19-7-8-20(9-10-23-3)14-5-6-14/h13-15H,5-12H2,1-4H3,(H,18,19). The lowest BCUT2D eigenvalue weighted by molar-refractivity contribution is -0.145. The smallest absolute Gasteiger partial charge is 0.310 e. The minimum Gasteiger partial charge on any atom is -0.469 e. The van der Waals surface area contributed by atoms with Crippen molar-refractivity contribution in [3.05, 3.63) is 0 Å². The summed E-state index contributed by atoms with van der Waals surface area (Å²) in [5, 5.41) is 3.44. The number of guanidine groups is 1. The number of hydrogen-bond acceptors (Lipinski definition) is 5. The van der Waals surface area contributed by atoms with Crippen molar-refractivity contribution in [1.82, 2.24) is 15.1 Å². The minimum atomic E-state index is -0.125. The van der Waals surface area contributed by atoms with E-state index in [9.17, 15) is 4.79 Å². The number of nitrogens with zero attached hydrogens (tertiary/aromatic N) is 3. The van der Waals surface area contributed by atoms with E-state index in [2.05, 4.69) is 27.0 Å². The Balaban J connectivity index is 1.79. The second-order valence-corrected chi connectivity index (χ2v) is 6.75. The predicted molar refractivity (Wildman–Crippen MR) is 94.1 cm³/mol. The zero-order chi connectivity index (χ0) is 17.5. The molecule has 1 saturated carbocycles. The fourth-order valence-electron chi connectivity index (χ4n) is 3.37. The van der Waals surface area contributed by atoms with Gasteiger partial charge in [-0.25, -0.2) is 0 Å². The van der Waals surface area contributed by atoms with Gasteiger partial charge in [0.25, 0.3) is 0 Å². The highest BCUT2D eigenvalue weighted by Crippen LogP contribution is 2.26. The van der Waals surface area contributed by atoms with Gasteiger partial charge in [-0.15, -0.1) is 0 Å². The van der Waals surface area contributed by atoms with E-state index in [1.807, 2.05) is 0 Å².